The zero-order chi connectivity index (χ0) is 15.6. The Hall–Kier alpha value is -1.11. The molecule has 0 saturated carbocycles. The maximum Gasteiger partial charge on any atom is 0.274 e. The summed E-state index contributed by atoms with van der Waals surface area (Å²) in [7, 11) is 0. The topological polar surface area (TPSA) is 55.2 Å². The molecule has 21 heavy (non-hydrogen) atoms. The second-order valence-corrected chi connectivity index (χ2v) is 6.61. The smallest absolute Gasteiger partial charge is 0.274 e. The van der Waals surface area contributed by atoms with Crippen LogP contribution >= 0.6 is 43.5 Å². The van der Waals surface area contributed by atoms with E-state index in [4.69, 9.17) is 11.6 Å². The van der Waals surface area contributed by atoms with E-state index in [1.165, 1.54) is 6.07 Å². The lowest BCUT2D eigenvalue weighted by Crippen LogP contribution is -2.02. The van der Waals surface area contributed by atoms with Crippen molar-refractivity contribution in [3.05, 3.63) is 65.5 Å². The fraction of sp³-hybridized carbons (Fsp3) is 0.143. The van der Waals surface area contributed by atoms with Crippen LogP contribution < -0.4 is 5.32 Å². The third-order valence-electron chi connectivity index (χ3n) is 2.97. The summed E-state index contributed by atoms with van der Waals surface area (Å²) in [6.07, 6.45) is 0. The van der Waals surface area contributed by atoms with Crippen LogP contribution in [0.3, 0.4) is 0 Å². The molecule has 0 radical (unpaired) electrons. The second-order valence-electron chi connectivity index (χ2n) is 4.46. The summed E-state index contributed by atoms with van der Waals surface area (Å²) in [6.45, 7) is 2.24. The summed E-state index contributed by atoms with van der Waals surface area (Å²) in [5.41, 5.74) is 2.39. The van der Waals surface area contributed by atoms with Crippen molar-refractivity contribution in [3.8, 4) is 0 Å². The molecule has 0 aromatic heterocycles. The molecule has 0 spiro atoms. The minimum atomic E-state index is -0.384. The van der Waals surface area contributed by atoms with Crippen molar-refractivity contribution in [3.63, 3.8) is 0 Å². The molecule has 2 rings (SSSR count). The molecule has 0 fully saturated rings. The molecule has 4 nitrogen and oxygen atoms in total. The number of nitrogens with zero attached hydrogens (tertiary/aromatic N) is 1. The quantitative estimate of drug-likeness (QED) is 0.497. The Morgan fingerprint density at radius 2 is 1.95 bits per heavy atom. The fourth-order valence-corrected chi connectivity index (χ4v) is 3.27. The van der Waals surface area contributed by atoms with Crippen LogP contribution in [0.2, 0.25) is 5.02 Å². The van der Waals surface area contributed by atoms with Gasteiger partial charge in [-0.3, -0.25) is 10.1 Å². The first-order valence-corrected chi connectivity index (χ1v) is 7.97. The second kappa shape index (κ2) is 6.77. The van der Waals surface area contributed by atoms with Gasteiger partial charge in [-0.25, -0.2) is 0 Å². The number of nitro benzene ring substituents is 1. The molecule has 0 aliphatic heterocycles. The molecule has 2 aromatic rings. The first kappa shape index (κ1) is 16.3. The van der Waals surface area contributed by atoms with E-state index in [0.717, 1.165) is 14.5 Å². The molecule has 110 valence electrons. The molecule has 2 aromatic carbocycles. The summed E-state index contributed by atoms with van der Waals surface area (Å²) in [5.74, 6) is 0. The van der Waals surface area contributed by atoms with Crippen molar-refractivity contribution in [1.29, 1.82) is 0 Å². The minimum absolute atomic E-state index is 0.0934. The highest BCUT2D eigenvalue weighted by Gasteiger charge is 2.14. The van der Waals surface area contributed by atoms with E-state index in [0.29, 0.717) is 22.8 Å². The number of anilines is 1. The number of rotatable bonds is 4. The molecule has 0 unspecified atom stereocenters. The summed E-state index contributed by atoms with van der Waals surface area (Å²) in [6, 6.07) is 8.78. The van der Waals surface area contributed by atoms with Gasteiger partial charge in [-0.2, -0.15) is 0 Å². The number of nitro groups is 1. The number of nitrogens with one attached hydrogen (secondary N) is 1. The molecule has 0 aliphatic carbocycles. The van der Waals surface area contributed by atoms with E-state index in [1.807, 2.05) is 12.1 Å². The minimum Gasteiger partial charge on any atom is -0.380 e. The average Bonchev–Trinajstić information content (AvgIpc) is 2.39. The van der Waals surface area contributed by atoms with Crippen molar-refractivity contribution in [2.45, 2.75) is 13.5 Å². The maximum atomic E-state index is 11.0. The number of benzene rings is 2. The first-order chi connectivity index (χ1) is 9.88. The van der Waals surface area contributed by atoms with E-state index in [2.05, 4.69) is 37.2 Å². The van der Waals surface area contributed by atoms with Crippen LogP contribution in [0.1, 0.15) is 11.1 Å². The molecule has 0 atom stereocenters. The van der Waals surface area contributed by atoms with Gasteiger partial charge in [0.2, 0.25) is 0 Å². The monoisotopic (exact) mass is 432 g/mol. The standard InChI is InChI=1S/C14H11Br2ClN2O2/c1-8-4-12(16)13(6-14(8)19(20)21)18-7-9-2-3-10(17)5-11(9)15/h2-6,18H,7H2,1H3. The number of hydrogen-bond donors (Lipinski definition) is 1. The Morgan fingerprint density at radius 3 is 2.57 bits per heavy atom. The van der Waals surface area contributed by atoms with Gasteiger partial charge >= 0.3 is 0 Å². The Kier molecular flexibility index (Phi) is 5.24. The van der Waals surface area contributed by atoms with Crippen LogP contribution in [-0.2, 0) is 6.54 Å². The highest BCUT2D eigenvalue weighted by atomic mass is 79.9. The molecule has 0 heterocycles. The van der Waals surface area contributed by atoms with Gasteiger partial charge < -0.3 is 5.32 Å². The Labute approximate surface area is 143 Å². The van der Waals surface area contributed by atoms with Crippen LogP contribution in [0.5, 0.6) is 0 Å². The predicted octanol–water partition coefficient (Wildman–Crippen LogP) is 5.69. The summed E-state index contributed by atoms with van der Waals surface area (Å²) in [4.78, 5) is 10.6. The molecular formula is C14H11Br2ClN2O2. The highest BCUT2D eigenvalue weighted by molar-refractivity contribution is 9.11. The molecule has 7 heteroatoms. The highest BCUT2D eigenvalue weighted by Crippen LogP contribution is 2.31. The molecular weight excluding hydrogens is 423 g/mol. The number of hydrogen-bond acceptors (Lipinski definition) is 3. The van der Waals surface area contributed by atoms with E-state index >= 15 is 0 Å². The Bertz CT molecular complexity index is 708. The van der Waals surface area contributed by atoms with Crippen molar-refractivity contribution in [2.24, 2.45) is 0 Å². The van der Waals surface area contributed by atoms with E-state index in [9.17, 15) is 10.1 Å². The third-order valence-corrected chi connectivity index (χ3v) is 4.60. The van der Waals surface area contributed by atoms with E-state index in [1.54, 1.807) is 19.1 Å². The largest absolute Gasteiger partial charge is 0.380 e. The molecule has 0 saturated heterocycles. The van der Waals surface area contributed by atoms with Crippen LogP contribution in [-0.4, -0.2) is 4.92 Å². The zero-order valence-electron chi connectivity index (χ0n) is 11.0. The number of halogens is 3. The van der Waals surface area contributed by atoms with Crippen LogP contribution in [0.25, 0.3) is 0 Å². The van der Waals surface area contributed by atoms with Crippen molar-refractivity contribution < 1.29 is 4.92 Å². The van der Waals surface area contributed by atoms with Crippen molar-refractivity contribution in [2.75, 3.05) is 5.32 Å². The lowest BCUT2D eigenvalue weighted by atomic mass is 10.1. The van der Waals surface area contributed by atoms with Gasteiger partial charge in [-0.05, 0) is 46.6 Å². The van der Waals surface area contributed by atoms with Crippen molar-refractivity contribution >= 4 is 54.8 Å². The van der Waals surface area contributed by atoms with Gasteiger partial charge in [0, 0.05) is 32.1 Å². The number of aryl methyl sites for hydroxylation is 1. The molecule has 0 bridgehead atoms. The maximum absolute atomic E-state index is 11.0. The van der Waals surface area contributed by atoms with Gasteiger partial charge in [0.05, 0.1) is 10.6 Å². The van der Waals surface area contributed by atoms with Gasteiger partial charge in [0.15, 0.2) is 0 Å². The van der Waals surface area contributed by atoms with Gasteiger partial charge in [-0.1, -0.05) is 33.6 Å². The van der Waals surface area contributed by atoms with E-state index < -0.39 is 0 Å². The Balaban J connectivity index is 2.23. The lowest BCUT2D eigenvalue weighted by Gasteiger charge is -2.11. The SMILES string of the molecule is Cc1cc(Br)c(NCc2ccc(Cl)cc2Br)cc1[N+](=O)[O-]. The molecule has 0 aliphatic rings. The predicted molar refractivity (Wildman–Crippen MR) is 92.0 cm³/mol. The van der Waals surface area contributed by atoms with Crippen LogP contribution in [0.4, 0.5) is 11.4 Å². The van der Waals surface area contributed by atoms with E-state index in [-0.39, 0.29) is 10.6 Å². The fourth-order valence-electron chi connectivity index (χ4n) is 1.85. The molecule has 1 N–H and O–H groups in total. The zero-order valence-corrected chi connectivity index (χ0v) is 14.9. The Morgan fingerprint density at radius 1 is 1.24 bits per heavy atom. The summed E-state index contributed by atoms with van der Waals surface area (Å²) >= 11 is 12.8. The first-order valence-electron chi connectivity index (χ1n) is 6.01. The lowest BCUT2D eigenvalue weighted by molar-refractivity contribution is -0.385. The normalized spacial score (nSPS) is 10.5. The average molecular weight is 435 g/mol. The van der Waals surface area contributed by atoms with Crippen LogP contribution in [0, 0.1) is 17.0 Å². The summed E-state index contributed by atoms with van der Waals surface area (Å²) in [5, 5.41) is 14.8. The molecule has 0 amide bonds. The van der Waals surface area contributed by atoms with Gasteiger partial charge in [0.1, 0.15) is 0 Å². The summed E-state index contributed by atoms with van der Waals surface area (Å²) < 4.78 is 1.68. The van der Waals surface area contributed by atoms with Gasteiger partial charge in [-0.15, -0.1) is 0 Å². The third kappa shape index (κ3) is 3.96. The van der Waals surface area contributed by atoms with Crippen molar-refractivity contribution in [1.82, 2.24) is 0 Å². The van der Waals surface area contributed by atoms with Crippen LogP contribution in [0.15, 0.2) is 39.3 Å². The van der Waals surface area contributed by atoms with Gasteiger partial charge in [0.25, 0.3) is 5.69 Å².